The number of thioether (sulfide) groups is 1. The number of ether oxygens (including phenoxy) is 1. The SMILES string of the molecule is COc1ccc(NC(=O)C2CSCN2C(=O)/C=C/c2ccco2)cc1. The standard InChI is InChI=1S/C18H18N2O4S/c1-23-14-6-4-13(5-7-14)19-18(22)16-11-25-12-20(16)17(21)9-8-15-3-2-10-24-15/h2-10,16H,11-12H2,1H3,(H,19,22)/b9-8+. The molecule has 25 heavy (non-hydrogen) atoms. The molecule has 1 aromatic carbocycles. The molecule has 2 heterocycles. The van der Waals surface area contributed by atoms with Crippen LogP contribution in [-0.2, 0) is 9.59 Å². The fraction of sp³-hybridized carbons (Fsp3) is 0.222. The van der Waals surface area contributed by atoms with Gasteiger partial charge >= 0.3 is 0 Å². The molecular formula is C18H18N2O4S. The first-order chi connectivity index (χ1) is 12.2. The van der Waals surface area contributed by atoms with E-state index >= 15 is 0 Å². The van der Waals surface area contributed by atoms with E-state index in [2.05, 4.69) is 5.32 Å². The molecule has 6 nitrogen and oxygen atoms in total. The summed E-state index contributed by atoms with van der Waals surface area (Å²) in [7, 11) is 1.59. The van der Waals surface area contributed by atoms with Gasteiger partial charge in [-0.05, 0) is 42.5 Å². The quantitative estimate of drug-likeness (QED) is 0.832. The number of methoxy groups -OCH3 is 1. The molecule has 2 aromatic rings. The summed E-state index contributed by atoms with van der Waals surface area (Å²) in [6, 6.07) is 10.1. The number of hydrogen-bond donors (Lipinski definition) is 1. The number of anilines is 1. The zero-order valence-electron chi connectivity index (χ0n) is 13.7. The van der Waals surface area contributed by atoms with Gasteiger partial charge in [0.1, 0.15) is 17.6 Å². The summed E-state index contributed by atoms with van der Waals surface area (Å²) >= 11 is 1.55. The van der Waals surface area contributed by atoms with Gasteiger partial charge in [-0.3, -0.25) is 9.59 Å². The van der Waals surface area contributed by atoms with Gasteiger partial charge in [0, 0.05) is 17.5 Å². The molecule has 1 fully saturated rings. The summed E-state index contributed by atoms with van der Waals surface area (Å²) < 4.78 is 10.3. The molecule has 3 rings (SSSR count). The van der Waals surface area contributed by atoms with E-state index < -0.39 is 6.04 Å². The maximum Gasteiger partial charge on any atom is 0.248 e. The third-order valence-corrected chi connectivity index (χ3v) is 4.77. The molecule has 0 spiro atoms. The molecule has 1 unspecified atom stereocenters. The predicted octanol–water partition coefficient (Wildman–Crippen LogP) is 2.84. The molecule has 1 N–H and O–H groups in total. The lowest BCUT2D eigenvalue weighted by Gasteiger charge is -2.21. The van der Waals surface area contributed by atoms with Crippen molar-refractivity contribution in [3.63, 3.8) is 0 Å². The Labute approximate surface area is 149 Å². The number of benzene rings is 1. The van der Waals surface area contributed by atoms with Crippen LogP contribution in [0.15, 0.2) is 53.2 Å². The van der Waals surface area contributed by atoms with Gasteiger partial charge in [0.05, 0.1) is 19.2 Å². The zero-order chi connectivity index (χ0) is 17.6. The van der Waals surface area contributed by atoms with Crippen molar-refractivity contribution in [1.29, 1.82) is 0 Å². The van der Waals surface area contributed by atoms with Crippen molar-refractivity contribution in [3.8, 4) is 5.75 Å². The molecule has 0 saturated carbocycles. The first kappa shape index (κ1) is 17.2. The van der Waals surface area contributed by atoms with Gasteiger partial charge in [-0.25, -0.2) is 0 Å². The van der Waals surface area contributed by atoms with Crippen LogP contribution in [0.25, 0.3) is 6.08 Å². The minimum Gasteiger partial charge on any atom is -0.497 e. The van der Waals surface area contributed by atoms with Crippen LogP contribution in [0.3, 0.4) is 0 Å². The second-order valence-electron chi connectivity index (χ2n) is 5.39. The van der Waals surface area contributed by atoms with Crippen molar-refractivity contribution < 1.29 is 18.7 Å². The number of hydrogen-bond acceptors (Lipinski definition) is 5. The Balaban J connectivity index is 1.63. The number of amides is 2. The number of furan rings is 1. The summed E-state index contributed by atoms with van der Waals surface area (Å²) in [5.41, 5.74) is 0.668. The molecule has 0 aliphatic carbocycles. The van der Waals surface area contributed by atoms with Gasteiger partial charge in [0.25, 0.3) is 0 Å². The molecule has 0 bridgehead atoms. The van der Waals surface area contributed by atoms with Crippen molar-refractivity contribution in [2.45, 2.75) is 6.04 Å². The molecule has 2 amide bonds. The maximum atomic E-state index is 12.5. The van der Waals surface area contributed by atoms with Crippen molar-refractivity contribution in [3.05, 3.63) is 54.5 Å². The number of carbonyl (C=O) groups is 2. The van der Waals surface area contributed by atoms with E-state index in [4.69, 9.17) is 9.15 Å². The molecule has 1 aromatic heterocycles. The lowest BCUT2D eigenvalue weighted by atomic mass is 10.2. The van der Waals surface area contributed by atoms with E-state index in [0.29, 0.717) is 28.8 Å². The second kappa shape index (κ2) is 7.94. The first-order valence-corrected chi connectivity index (χ1v) is 8.87. The third kappa shape index (κ3) is 4.24. The molecular weight excluding hydrogens is 340 g/mol. The van der Waals surface area contributed by atoms with Gasteiger partial charge in [0.2, 0.25) is 11.8 Å². The van der Waals surface area contributed by atoms with Crippen LogP contribution < -0.4 is 10.1 Å². The second-order valence-corrected chi connectivity index (χ2v) is 6.39. The number of nitrogens with one attached hydrogen (secondary N) is 1. The molecule has 1 atom stereocenters. The summed E-state index contributed by atoms with van der Waals surface area (Å²) in [6.45, 7) is 0. The van der Waals surface area contributed by atoms with Crippen LogP contribution in [0.4, 0.5) is 5.69 Å². The van der Waals surface area contributed by atoms with Crippen molar-refractivity contribution in [2.75, 3.05) is 24.1 Å². The van der Waals surface area contributed by atoms with E-state index in [-0.39, 0.29) is 11.8 Å². The number of carbonyl (C=O) groups excluding carboxylic acids is 2. The lowest BCUT2D eigenvalue weighted by Crippen LogP contribution is -2.43. The van der Waals surface area contributed by atoms with E-state index in [1.807, 2.05) is 0 Å². The largest absolute Gasteiger partial charge is 0.497 e. The van der Waals surface area contributed by atoms with Crippen molar-refractivity contribution in [2.24, 2.45) is 0 Å². The van der Waals surface area contributed by atoms with Crippen molar-refractivity contribution >= 4 is 35.3 Å². The Morgan fingerprint density at radius 3 is 2.80 bits per heavy atom. The fourth-order valence-corrected chi connectivity index (χ4v) is 3.58. The normalized spacial score (nSPS) is 17.0. The summed E-state index contributed by atoms with van der Waals surface area (Å²) in [5, 5.41) is 2.85. The predicted molar refractivity (Wildman–Crippen MR) is 97.3 cm³/mol. The smallest absolute Gasteiger partial charge is 0.248 e. The van der Waals surface area contributed by atoms with E-state index in [9.17, 15) is 9.59 Å². The summed E-state index contributed by atoms with van der Waals surface area (Å²) in [6.07, 6.45) is 4.57. The molecule has 7 heteroatoms. The van der Waals surface area contributed by atoms with E-state index in [1.54, 1.807) is 72.5 Å². The summed E-state index contributed by atoms with van der Waals surface area (Å²) in [5.74, 6) is 1.96. The first-order valence-electron chi connectivity index (χ1n) is 7.72. The zero-order valence-corrected chi connectivity index (χ0v) is 14.5. The molecule has 0 radical (unpaired) electrons. The Hall–Kier alpha value is -2.67. The Bertz CT molecular complexity index is 756. The van der Waals surface area contributed by atoms with E-state index in [1.165, 1.54) is 6.08 Å². The van der Waals surface area contributed by atoms with Gasteiger partial charge < -0.3 is 19.4 Å². The molecule has 130 valence electrons. The Kier molecular flexibility index (Phi) is 5.45. The lowest BCUT2D eigenvalue weighted by molar-refractivity contribution is -0.132. The van der Waals surface area contributed by atoms with Crippen LogP contribution >= 0.6 is 11.8 Å². The monoisotopic (exact) mass is 358 g/mol. The average Bonchev–Trinajstić information content (AvgIpc) is 3.32. The van der Waals surface area contributed by atoms with Gasteiger partial charge in [-0.1, -0.05) is 0 Å². The van der Waals surface area contributed by atoms with Gasteiger partial charge in [0.15, 0.2) is 0 Å². The highest BCUT2D eigenvalue weighted by Crippen LogP contribution is 2.23. The highest BCUT2D eigenvalue weighted by Gasteiger charge is 2.33. The topological polar surface area (TPSA) is 71.8 Å². The van der Waals surface area contributed by atoms with Gasteiger partial charge in [-0.2, -0.15) is 0 Å². The fourth-order valence-electron chi connectivity index (χ4n) is 2.41. The average molecular weight is 358 g/mol. The van der Waals surface area contributed by atoms with Crippen LogP contribution in [-0.4, -0.2) is 41.5 Å². The van der Waals surface area contributed by atoms with Gasteiger partial charge in [-0.15, -0.1) is 11.8 Å². The van der Waals surface area contributed by atoms with Crippen LogP contribution in [0.1, 0.15) is 5.76 Å². The van der Waals surface area contributed by atoms with Crippen LogP contribution in [0.2, 0.25) is 0 Å². The van der Waals surface area contributed by atoms with Crippen LogP contribution in [0.5, 0.6) is 5.75 Å². The van der Waals surface area contributed by atoms with Crippen LogP contribution in [0, 0.1) is 0 Å². The number of rotatable bonds is 5. The minimum atomic E-state index is -0.499. The molecule has 1 aliphatic heterocycles. The highest BCUT2D eigenvalue weighted by molar-refractivity contribution is 7.99. The number of nitrogens with zero attached hydrogens (tertiary/aromatic N) is 1. The Morgan fingerprint density at radius 2 is 2.12 bits per heavy atom. The maximum absolute atomic E-state index is 12.5. The highest BCUT2D eigenvalue weighted by atomic mass is 32.2. The van der Waals surface area contributed by atoms with Crippen molar-refractivity contribution in [1.82, 2.24) is 4.90 Å². The minimum absolute atomic E-state index is 0.199. The third-order valence-electron chi connectivity index (χ3n) is 3.76. The summed E-state index contributed by atoms with van der Waals surface area (Å²) in [4.78, 5) is 26.5. The Morgan fingerprint density at radius 1 is 1.32 bits per heavy atom. The molecule has 1 aliphatic rings. The molecule has 1 saturated heterocycles. The van der Waals surface area contributed by atoms with E-state index in [0.717, 1.165) is 0 Å².